The molecule has 0 heterocycles. The first-order valence-corrected chi connectivity index (χ1v) is 13.9. The number of alkyl carbamates (subject to hydrolysis) is 1. The second kappa shape index (κ2) is 15.8. The van der Waals surface area contributed by atoms with E-state index in [0.29, 0.717) is 18.7 Å². The summed E-state index contributed by atoms with van der Waals surface area (Å²) in [5, 5.41) is 15.5. The number of carbonyl (C=O) groups excluding carboxylic acids is 3. The number of nitrogens with one attached hydrogen (secondary N) is 2. The van der Waals surface area contributed by atoms with Gasteiger partial charge in [0.1, 0.15) is 23.4 Å². The van der Waals surface area contributed by atoms with Crippen LogP contribution in [-0.2, 0) is 20.9 Å². The summed E-state index contributed by atoms with van der Waals surface area (Å²) in [4.78, 5) is 41.4. The van der Waals surface area contributed by atoms with Crippen molar-refractivity contribution in [3.05, 3.63) is 65.7 Å². The molecule has 2 rings (SSSR count). The number of unbranched alkanes of at least 4 members (excludes halogenated alkanes) is 5. The highest BCUT2D eigenvalue weighted by Gasteiger charge is 2.34. The molecule has 0 bridgehead atoms. The maximum atomic E-state index is 13.8. The molecule has 2 aromatic carbocycles. The van der Waals surface area contributed by atoms with Crippen molar-refractivity contribution in [1.82, 2.24) is 15.5 Å². The van der Waals surface area contributed by atoms with Crippen LogP contribution in [0.15, 0.2) is 54.6 Å². The van der Waals surface area contributed by atoms with Crippen molar-refractivity contribution in [2.75, 3.05) is 6.54 Å². The van der Waals surface area contributed by atoms with Gasteiger partial charge in [0.25, 0.3) is 0 Å². The minimum atomic E-state index is -0.944. The van der Waals surface area contributed by atoms with Gasteiger partial charge in [0, 0.05) is 13.1 Å². The summed E-state index contributed by atoms with van der Waals surface area (Å²) in [5.74, 6) is -0.661. The Morgan fingerprint density at radius 1 is 0.923 bits per heavy atom. The molecule has 0 spiro atoms. The molecule has 2 unspecified atom stereocenters. The zero-order valence-corrected chi connectivity index (χ0v) is 24.0. The number of aromatic hydroxyl groups is 1. The van der Waals surface area contributed by atoms with E-state index in [-0.39, 0.29) is 17.6 Å². The van der Waals surface area contributed by atoms with Crippen molar-refractivity contribution in [1.29, 1.82) is 0 Å². The normalized spacial score (nSPS) is 12.7. The van der Waals surface area contributed by atoms with Gasteiger partial charge in [0.2, 0.25) is 11.8 Å². The van der Waals surface area contributed by atoms with E-state index in [1.54, 1.807) is 39.8 Å². The SMILES string of the molecule is CCCCCCCCN(C(=O)C(C)NC(=O)OC(C)(C)C)C(C(=O)NCc1ccccc1)c1ccc(O)cc1. The molecule has 0 saturated carbocycles. The Kier molecular flexibility index (Phi) is 12.8. The molecule has 2 atom stereocenters. The Bertz CT molecular complexity index is 1030. The smallest absolute Gasteiger partial charge is 0.408 e. The van der Waals surface area contributed by atoms with Crippen molar-refractivity contribution < 1.29 is 24.2 Å². The first-order chi connectivity index (χ1) is 18.5. The fourth-order valence-electron chi connectivity index (χ4n) is 4.23. The van der Waals surface area contributed by atoms with E-state index in [1.165, 1.54) is 17.0 Å². The van der Waals surface area contributed by atoms with Gasteiger partial charge in [-0.3, -0.25) is 9.59 Å². The van der Waals surface area contributed by atoms with Gasteiger partial charge < -0.3 is 25.4 Å². The highest BCUT2D eigenvalue weighted by molar-refractivity contribution is 5.92. The molecule has 0 saturated heterocycles. The average molecular weight is 540 g/mol. The number of hydrogen-bond acceptors (Lipinski definition) is 5. The van der Waals surface area contributed by atoms with Gasteiger partial charge in [-0.15, -0.1) is 0 Å². The van der Waals surface area contributed by atoms with Gasteiger partial charge in [-0.1, -0.05) is 81.5 Å². The van der Waals surface area contributed by atoms with Crippen LogP contribution < -0.4 is 10.6 Å². The van der Waals surface area contributed by atoms with Gasteiger partial charge >= 0.3 is 6.09 Å². The van der Waals surface area contributed by atoms with Gasteiger partial charge in [0.05, 0.1) is 0 Å². The van der Waals surface area contributed by atoms with E-state index in [4.69, 9.17) is 4.74 Å². The molecule has 39 heavy (non-hydrogen) atoms. The number of phenolic OH excluding ortho intramolecular Hbond substituents is 1. The van der Waals surface area contributed by atoms with Crippen LogP contribution >= 0.6 is 0 Å². The number of ether oxygens (including phenoxy) is 1. The third-order valence-corrected chi connectivity index (χ3v) is 6.22. The lowest BCUT2D eigenvalue weighted by Gasteiger charge is -2.34. The molecular formula is C31H45N3O5. The second-order valence-corrected chi connectivity index (χ2v) is 10.9. The quantitative estimate of drug-likeness (QED) is 0.261. The van der Waals surface area contributed by atoms with E-state index in [9.17, 15) is 19.5 Å². The van der Waals surface area contributed by atoms with Crippen LogP contribution in [0, 0.1) is 0 Å². The molecule has 8 nitrogen and oxygen atoms in total. The number of rotatable bonds is 14. The maximum absolute atomic E-state index is 13.8. The molecule has 0 fully saturated rings. The lowest BCUT2D eigenvalue weighted by atomic mass is 10.0. The summed E-state index contributed by atoms with van der Waals surface area (Å²) in [5.41, 5.74) is 0.794. The molecule has 0 aliphatic carbocycles. The Morgan fingerprint density at radius 3 is 2.15 bits per heavy atom. The first kappa shape index (κ1) is 31.7. The zero-order valence-electron chi connectivity index (χ0n) is 24.0. The van der Waals surface area contributed by atoms with Crippen molar-refractivity contribution >= 4 is 17.9 Å². The Hall–Kier alpha value is -3.55. The van der Waals surface area contributed by atoms with E-state index >= 15 is 0 Å². The van der Waals surface area contributed by atoms with Gasteiger partial charge in [-0.2, -0.15) is 0 Å². The van der Waals surface area contributed by atoms with Gasteiger partial charge in [-0.05, 0) is 57.4 Å². The Balaban J connectivity index is 2.31. The van der Waals surface area contributed by atoms with Crippen LogP contribution in [0.4, 0.5) is 4.79 Å². The molecular weight excluding hydrogens is 494 g/mol. The molecule has 0 aromatic heterocycles. The third-order valence-electron chi connectivity index (χ3n) is 6.22. The molecule has 2 aromatic rings. The lowest BCUT2D eigenvalue weighted by Crippen LogP contribution is -2.52. The summed E-state index contributed by atoms with van der Waals surface area (Å²) in [6.45, 7) is 9.66. The van der Waals surface area contributed by atoms with Crippen LogP contribution in [0.5, 0.6) is 5.75 Å². The first-order valence-electron chi connectivity index (χ1n) is 13.9. The minimum absolute atomic E-state index is 0.0657. The van der Waals surface area contributed by atoms with Crippen LogP contribution in [0.1, 0.15) is 90.3 Å². The van der Waals surface area contributed by atoms with Crippen LogP contribution in [0.3, 0.4) is 0 Å². The molecule has 3 amide bonds. The Morgan fingerprint density at radius 2 is 1.54 bits per heavy atom. The van der Waals surface area contributed by atoms with Gasteiger partial charge in [-0.25, -0.2) is 4.79 Å². The highest BCUT2D eigenvalue weighted by Crippen LogP contribution is 2.25. The lowest BCUT2D eigenvalue weighted by molar-refractivity contribution is -0.142. The highest BCUT2D eigenvalue weighted by atomic mass is 16.6. The van der Waals surface area contributed by atoms with Crippen LogP contribution in [-0.4, -0.2) is 46.1 Å². The molecule has 8 heteroatoms. The zero-order chi connectivity index (χ0) is 28.8. The van der Waals surface area contributed by atoms with Crippen molar-refractivity contribution in [2.45, 2.75) is 97.4 Å². The monoisotopic (exact) mass is 539 g/mol. The summed E-state index contributed by atoms with van der Waals surface area (Å²) < 4.78 is 5.34. The fourth-order valence-corrected chi connectivity index (χ4v) is 4.23. The van der Waals surface area contributed by atoms with E-state index in [0.717, 1.165) is 44.1 Å². The van der Waals surface area contributed by atoms with Gasteiger partial charge in [0.15, 0.2) is 0 Å². The topological polar surface area (TPSA) is 108 Å². The molecule has 0 aliphatic rings. The maximum Gasteiger partial charge on any atom is 0.408 e. The summed E-state index contributed by atoms with van der Waals surface area (Å²) in [7, 11) is 0. The third kappa shape index (κ3) is 11.4. The summed E-state index contributed by atoms with van der Waals surface area (Å²) >= 11 is 0. The Labute approximate surface area is 233 Å². The molecule has 0 radical (unpaired) electrons. The van der Waals surface area contributed by atoms with Crippen molar-refractivity contribution in [2.24, 2.45) is 0 Å². The molecule has 214 valence electrons. The number of carbonyl (C=O) groups is 3. The number of hydrogen-bond donors (Lipinski definition) is 3. The number of phenols is 1. The largest absolute Gasteiger partial charge is 0.508 e. The fraction of sp³-hybridized carbons (Fsp3) is 0.516. The number of amides is 3. The van der Waals surface area contributed by atoms with Crippen molar-refractivity contribution in [3.8, 4) is 5.75 Å². The van der Waals surface area contributed by atoms with E-state index in [1.807, 2.05) is 30.3 Å². The predicted octanol–water partition coefficient (Wildman–Crippen LogP) is 5.85. The van der Waals surface area contributed by atoms with E-state index < -0.39 is 23.8 Å². The van der Waals surface area contributed by atoms with Crippen molar-refractivity contribution in [3.63, 3.8) is 0 Å². The minimum Gasteiger partial charge on any atom is -0.508 e. The standard InChI is InChI=1S/C31H45N3O5/c1-6-7-8-9-10-14-21-34(29(37)23(2)33-30(38)39-31(3,4)5)27(25-17-19-26(35)20-18-25)28(36)32-22-24-15-12-11-13-16-24/h11-13,15-20,23,27,35H,6-10,14,21-22H2,1-5H3,(H,32,36)(H,33,38). The number of nitrogens with zero attached hydrogens (tertiary/aromatic N) is 1. The summed E-state index contributed by atoms with van der Waals surface area (Å²) in [6, 6.07) is 14.0. The van der Waals surface area contributed by atoms with E-state index in [2.05, 4.69) is 17.6 Å². The predicted molar refractivity (Wildman–Crippen MR) is 153 cm³/mol. The van der Waals surface area contributed by atoms with Crippen LogP contribution in [0.25, 0.3) is 0 Å². The average Bonchev–Trinajstić information content (AvgIpc) is 2.88. The molecule has 0 aliphatic heterocycles. The van der Waals surface area contributed by atoms with Crippen LogP contribution in [0.2, 0.25) is 0 Å². The summed E-state index contributed by atoms with van der Waals surface area (Å²) in [6.07, 6.45) is 5.42. The second-order valence-electron chi connectivity index (χ2n) is 10.9. The molecule has 3 N–H and O–H groups in total. The number of benzene rings is 2.